The summed E-state index contributed by atoms with van der Waals surface area (Å²) in [5, 5.41) is 16.7. The van der Waals surface area contributed by atoms with Crippen molar-refractivity contribution in [1.82, 2.24) is 15.6 Å². The summed E-state index contributed by atoms with van der Waals surface area (Å²) in [5.41, 5.74) is 1.97. The van der Waals surface area contributed by atoms with Crippen LogP contribution in [0.25, 0.3) is 10.9 Å². The number of H-pyrrole nitrogens is 1. The largest absolute Gasteiger partial charge is 0.480 e. The molecule has 2 rings (SSSR count). The van der Waals surface area contributed by atoms with Crippen LogP contribution in [-0.4, -0.2) is 35.1 Å². The summed E-state index contributed by atoms with van der Waals surface area (Å²) >= 11 is 3.91. The summed E-state index contributed by atoms with van der Waals surface area (Å²) in [4.78, 5) is 26.5. The van der Waals surface area contributed by atoms with E-state index in [1.807, 2.05) is 24.3 Å². The molecule has 0 saturated carbocycles. The molecule has 4 N–H and O–H groups in total. The number of thiol groups is 1. The zero-order chi connectivity index (χ0) is 16.1. The summed E-state index contributed by atoms with van der Waals surface area (Å²) in [6.45, 7) is 0. The number of benzene rings is 1. The van der Waals surface area contributed by atoms with E-state index in [4.69, 9.17) is 0 Å². The van der Waals surface area contributed by atoms with Gasteiger partial charge in [0.05, 0.1) is 0 Å². The van der Waals surface area contributed by atoms with E-state index < -0.39 is 17.9 Å². The standard InChI is InChI=1S/C15H17N3O3S/c1-16-13(8-22)14(19)18-12(15(20)21)6-9-7-17-11-5-3-2-4-10(9)11/h2-5,7-8,12,16-17,22H,6H2,1H3,(H,18,19)(H,20,21)/b13-8-. The van der Waals surface area contributed by atoms with Gasteiger partial charge in [0.15, 0.2) is 0 Å². The lowest BCUT2D eigenvalue weighted by Crippen LogP contribution is -2.44. The van der Waals surface area contributed by atoms with Gasteiger partial charge >= 0.3 is 5.97 Å². The van der Waals surface area contributed by atoms with Gasteiger partial charge in [-0.1, -0.05) is 18.2 Å². The molecule has 22 heavy (non-hydrogen) atoms. The Morgan fingerprint density at radius 3 is 2.77 bits per heavy atom. The average Bonchev–Trinajstić information content (AvgIpc) is 2.91. The quantitative estimate of drug-likeness (QED) is 0.409. The number of carbonyl (C=O) groups excluding carboxylic acids is 1. The van der Waals surface area contributed by atoms with Crippen molar-refractivity contribution >= 4 is 35.4 Å². The second-order valence-corrected chi connectivity index (χ2v) is 4.98. The molecule has 0 saturated heterocycles. The molecule has 6 nitrogen and oxygen atoms in total. The Morgan fingerprint density at radius 1 is 1.41 bits per heavy atom. The highest BCUT2D eigenvalue weighted by molar-refractivity contribution is 7.83. The van der Waals surface area contributed by atoms with Crippen molar-refractivity contribution in [1.29, 1.82) is 0 Å². The number of hydrogen-bond donors (Lipinski definition) is 5. The number of likely N-dealkylation sites (N-methyl/N-ethyl adjacent to an activating group) is 1. The maximum atomic E-state index is 12.0. The van der Waals surface area contributed by atoms with E-state index in [9.17, 15) is 14.7 Å². The Balaban J connectivity index is 2.19. The first-order chi connectivity index (χ1) is 10.6. The van der Waals surface area contributed by atoms with Crippen LogP contribution in [0, 0.1) is 0 Å². The van der Waals surface area contributed by atoms with Crippen LogP contribution in [-0.2, 0) is 16.0 Å². The van der Waals surface area contributed by atoms with Gasteiger partial charge in [-0.2, -0.15) is 0 Å². The molecule has 1 atom stereocenters. The van der Waals surface area contributed by atoms with E-state index in [1.54, 1.807) is 13.2 Å². The summed E-state index contributed by atoms with van der Waals surface area (Å²) in [5.74, 6) is -1.60. The maximum absolute atomic E-state index is 12.0. The highest BCUT2D eigenvalue weighted by Crippen LogP contribution is 2.19. The Kier molecular flexibility index (Phi) is 5.11. The van der Waals surface area contributed by atoms with Gasteiger partial charge in [-0.15, -0.1) is 12.6 Å². The molecule has 0 aliphatic rings. The van der Waals surface area contributed by atoms with Crippen molar-refractivity contribution in [2.24, 2.45) is 0 Å². The monoisotopic (exact) mass is 319 g/mol. The lowest BCUT2D eigenvalue weighted by molar-refractivity contribution is -0.141. The number of para-hydroxylation sites is 1. The second kappa shape index (κ2) is 7.04. The highest BCUT2D eigenvalue weighted by atomic mass is 32.1. The van der Waals surface area contributed by atoms with Crippen LogP contribution in [0.1, 0.15) is 5.56 Å². The van der Waals surface area contributed by atoms with Gasteiger partial charge in [-0.05, 0) is 17.0 Å². The minimum atomic E-state index is -1.09. The van der Waals surface area contributed by atoms with Crippen molar-refractivity contribution in [2.75, 3.05) is 7.05 Å². The van der Waals surface area contributed by atoms with Crippen molar-refractivity contribution in [3.63, 3.8) is 0 Å². The summed E-state index contributed by atoms with van der Waals surface area (Å²) in [6.07, 6.45) is 1.95. The third kappa shape index (κ3) is 3.43. The molecule has 116 valence electrons. The number of carbonyl (C=O) groups is 2. The SMILES string of the molecule is CN/C(=C\S)C(=O)NC(Cc1c[nH]c2ccccc12)C(=O)O. The molecule has 1 heterocycles. The molecule has 1 unspecified atom stereocenters. The molecule has 0 radical (unpaired) electrons. The Hall–Kier alpha value is -2.41. The number of fused-ring (bicyclic) bond motifs is 1. The van der Waals surface area contributed by atoms with E-state index in [1.165, 1.54) is 5.41 Å². The number of carboxylic acids is 1. The van der Waals surface area contributed by atoms with E-state index in [-0.39, 0.29) is 12.1 Å². The smallest absolute Gasteiger partial charge is 0.326 e. The number of amides is 1. The van der Waals surface area contributed by atoms with E-state index in [0.29, 0.717) is 0 Å². The fourth-order valence-electron chi connectivity index (χ4n) is 2.19. The van der Waals surface area contributed by atoms with Crippen molar-refractivity contribution < 1.29 is 14.7 Å². The molecule has 1 amide bonds. The van der Waals surface area contributed by atoms with E-state index in [0.717, 1.165) is 16.5 Å². The Labute approximate surface area is 133 Å². The Bertz CT molecular complexity index is 724. The molecule has 0 spiro atoms. The van der Waals surface area contributed by atoms with Crippen LogP contribution < -0.4 is 10.6 Å². The predicted molar refractivity (Wildman–Crippen MR) is 87.7 cm³/mol. The molecule has 0 fully saturated rings. The Morgan fingerprint density at radius 2 is 2.14 bits per heavy atom. The number of nitrogens with one attached hydrogen (secondary N) is 3. The van der Waals surface area contributed by atoms with Crippen LogP contribution >= 0.6 is 12.6 Å². The fraction of sp³-hybridized carbons (Fsp3) is 0.200. The van der Waals surface area contributed by atoms with E-state index in [2.05, 4.69) is 28.2 Å². The third-order valence-corrected chi connectivity index (χ3v) is 3.60. The molecule has 0 aliphatic heterocycles. The molecular formula is C15H17N3O3S. The van der Waals surface area contributed by atoms with Gasteiger partial charge in [0.1, 0.15) is 11.7 Å². The van der Waals surface area contributed by atoms with Crippen molar-refractivity contribution in [3.05, 3.63) is 47.1 Å². The van der Waals surface area contributed by atoms with Gasteiger partial charge in [0.2, 0.25) is 0 Å². The summed E-state index contributed by atoms with van der Waals surface area (Å²) in [6, 6.07) is 6.58. The van der Waals surface area contributed by atoms with Gasteiger partial charge in [-0.25, -0.2) is 4.79 Å². The molecule has 7 heteroatoms. The van der Waals surface area contributed by atoms with Crippen LogP contribution in [0.2, 0.25) is 0 Å². The van der Waals surface area contributed by atoms with E-state index >= 15 is 0 Å². The number of aliphatic carboxylic acids is 1. The first-order valence-electron chi connectivity index (χ1n) is 6.67. The van der Waals surface area contributed by atoms with Gasteiger partial charge in [0, 0.05) is 30.6 Å². The highest BCUT2D eigenvalue weighted by Gasteiger charge is 2.23. The molecule has 0 aliphatic carbocycles. The summed E-state index contributed by atoms with van der Waals surface area (Å²) in [7, 11) is 1.57. The van der Waals surface area contributed by atoms with Crippen molar-refractivity contribution in [2.45, 2.75) is 12.5 Å². The fourth-order valence-corrected chi connectivity index (χ4v) is 2.44. The number of carboxylic acid groups (broad SMARTS) is 1. The molecule has 0 bridgehead atoms. The molecular weight excluding hydrogens is 302 g/mol. The van der Waals surface area contributed by atoms with Crippen LogP contribution in [0.4, 0.5) is 0 Å². The normalized spacial score (nSPS) is 12.9. The van der Waals surface area contributed by atoms with Gasteiger partial charge in [0.25, 0.3) is 5.91 Å². The number of hydrogen-bond acceptors (Lipinski definition) is 4. The summed E-state index contributed by atoms with van der Waals surface area (Å²) < 4.78 is 0. The van der Waals surface area contributed by atoms with Gasteiger partial charge in [-0.3, -0.25) is 4.79 Å². The zero-order valence-electron chi connectivity index (χ0n) is 12.0. The first-order valence-corrected chi connectivity index (χ1v) is 7.19. The van der Waals surface area contributed by atoms with Crippen molar-refractivity contribution in [3.8, 4) is 0 Å². The average molecular weight is 319 g/mol. The number of rotatable bonds is 6. The molecule has 2 aromatic rings. The maximum Gasteiger partial charge on any atom is 0.326 e. The second-order valence-electron chi connectivity index (χ2n) is 4.72. The van der Waals surface area contributed by atoms with Crippen LogP contribution in [0.5, 0.6) is 0 Å². The van der Waals surface area contributed by atoms with Crippen LogP contribution in [0.15, 0.2) is 41.6 Å². The third-order valence-electron chi connectivity index (χ3n) is 3.35. The number of aromatic amines is 1. The number of aromatic nitrogens is 1. The topological polar surface area (TPSA) is 94.2 Å². The minimum Gasteiger partial charge on any atom is -0.480 e. The predicted octanol–water partition coefficient (Wildman–Crippen LogP) is 1.27. The van der Waals surface area contributed by atoms with Gasteiger partial charge < -0.3 is 20.7 Å². The molecule has 1 aromatic heterocycles. The zero-order valence-corrected chi connectivity index (χ0v) is 12.9. The van der Waals surface area contributed by atoms with Crippen LogP contribution in [0.3, 0.4) is 0 Å². The lowest BCUT2D eigenvalue weighted by atomic mass is 10.0. The molecule has 1 aromatic carbocycles. The minimum absolute atomic E-state index is 0.189. The first kappa shape index (κ1) is 16.0. The lowest BCUT2D eigenvalue weighted by Gasteiger charge is -2.15.